The van der Waals surface area contributed by atoms with E-state index in [0.29, 0.717) is 5.41 Å². The van der Waals surface area contributed by atoms with Crippen LogP contribution in [0.5, 0.6) is 0 Å². The Bertz CT molecular complexity index is 533. The van der Waals surface area contributed by atoms with Gasteiger partial charge < -0.3 is 0 Å². The summed E-state index contributed by atoms with van der Waals surface area (Å²) in [5, 5.41) is 0. The number of hydrogen-bond acceptors (Lipinski definition) is 0. The average molecular weight is 208 g/mol. The molecule has 1 aromatic carbocycles. The molecule has 80 valence electrons. The quantitative estimate of drug-likeness (QED) is 0.607. The largest absolute Gasteiger partial charge is 0.0621 e. The summed E-state index contributed by atoms with van der Waals surface area (Å²) in [6.45, 7) is 2.45. The van der Waals surface area contributed by atoms with Gasteiger partial charge in [-0.3, -0.25) is 0 Å². The molecular weight excluding hydrogens is 192 g/mol. The Morgan fingerprint density at radius 1 is 1.25 bits per heavy atom. The van der Waals surface area contributed by atoms with Gasteiger partial charge in [-0.25, -0.2) is 0 Å². The van der Waals surface area contributed by atoms with Gasteiger partial charge in [0.25, 0.3) is 0 Å². The zero-order chi connectivity index (χ0) is 10.8. The molecule has 0 heteroatoms. The van der Waals surface area contributed by atoms with E-state index in [2.05, 4.69) is 43.4 Å². The van der Waals surface area contributed by atoms with Crippen LogP contribution in [0.25, 0.3) is 6.08 Å². The van der Waals surface area contributed by atoms with E-state index in [-0.39, 0.29) is 0 Å². The van der Waals surface area contributed by atoms with Gasteiger partial charge in [0.15, 0.2) is 0 Å². The van der Waals surface area contributed by atoms with Crippen LogP contribution in [0, 0.1) is 5.92 Å². The van der Waals surface area contributed by atoms with Crippen LogP contribution in [0.2, 0.25) is 0 Å². The van der Waals surface area contributed by atoms with E-state index in [1.807, 2.05) is 0 Å². The van der Waals surface area contributed by atoms with Gasteiger partial charge in [-0.2, -0.15) is 0 Å². The molecule has 0 aliphatic heterocycles. The monoisotopic (exact) mass is 208 g/mol. The smallest absolute Gasteiger partial charge is 0.0148 e. The molecule has 2 atom stereocenters. The fourth-order valence-corrected chi connectivity index (χ4v) is 4.16. The van der Waals surface area contributed by atoms with Crippen molar-refractivity contribution in [2.45, 2.75) is 31.6 Å². The molecule has 4 rings (SSSR count). The number of fused-ring (bicyclic) bond motifs is 1. The number of rotatable bonds is 0. The van der Waals surface area contributed by atoms with E-state index >= 15 is 0 Å². The van der Waals surface area contributed by atoms with Gasteiger partial charge >= 0.3 is 0 Å². The van der Waals surface area contributed by atoms with Crippen LogP contribution in [0.15, 0.2) is 35.9 Å². The van der Waals surface area contributed by atoms with E-state index in [0.717, 1.165) is 5.92 Å². The summed E-state index contributed by atoms with van der Waals surface area (Å²) in [6.07, 6.45) is 10.9. The predicted molar refractivity (Wildman–Crippen MR) is 67.3 cm³/mol. The number of allylic oxidation sites excluding steroid dienone is 3. The second-order valence-corrected chi connectivity index (χ2v) is 5.74. The van der Waals surface area contributed by atoms with Gasteiger partial charge in [-0.1, -0.05) is 48.9 Å². The third-order valence-electron chi connectivity index (χ3n) is 4.73. The highest BCUT2D eigenvalue weighted by Gasteiger charge is 2.46. The van der Waals surface area contributed by atoms with Crippen molar-refractivity contribution in [2.24, 2.45) is 5.92 Å². The van der Waals surface area contributed by atoms with E-state index in [9.17, 15) is 0 Å². The Balaban J connectivity index is 2.13. The summed E-state index contributed by atoms with van der Waals surface area (Å²) in [7, 11) is 0. The van der Waals surface area contributed by atoms with E-state index in [1.165, 1.54) is 24.8 Å². The van der Waals surface area contributed by atoms with Crippen LogP contribution < -0.4 is 0 Å². The molecule has 0 spiro atoms. The van der Waals surface area contributed by atoms with E-state index in [4.69, 9.17) is 0 Å². The fourth-order valence-electron chi connectivity index (χ4n) is 4.16. The van der Waals surface area contributed by atoms with Crippen LogP contribution in [0.1, 0.15) is 36.5 Å². The highest BCUT2D eigenvalue weighted by molar-refractivity contribution is 5.66. The standard InChI is InChI=1S/C16H16/c1-16-10-11-8-13-6-2-4-12(15(13)16)5-3-7-14(16)9-11/h2-7,11H,8-10H2,1H3. The first kappa shape index (κ1) is 8.81. The molecule has 2 unspecified atom stereocenters. The van der Waals surface area contributed by atoms with Gasteiger partial charge in [0, 0.05) is 5.41 Å². The maximum atomic E-state index is 2.45. The minimum atomic E-state index is 0.346. The van der Waals surface area contributed by atoms with Crippen LogP contribution in [0.3, 0.4) is 0 Å². The Morgan fingerprint density at radius 3 is 3.12 bits per heavy atom. The molecule has 16 heavy (non-hydrogen) atoms. The third-order valence-corrected chi connectivity index (χ3v) is 4.73. The maximum Gasteiger partial charge on any atom is 0.0148 e. The topological polar surface area (TPSA) is 0 Å². The van der Waals surface area contributed by atoms with Gasteiger partial charge in [0.1, 0.15) is 0 Å². The average Bonchev–Trinajstić information content (AvgIpc) is 2.42. The molecule has 1 fully saturated rings. The summed E-state index contributed by atoms with van der Waals surface area (Å²) >= 11 is 0. The molecular formula is C16H16. The first-order valence-electron chi connectivity index (χ1n) is 6.27. The summed E-state index contributed by atoms with van der Waals surface area (Å²) in [6, 6.07) is 6.83. The predicted octanol–water partition coefficient (Wildman–Crippen LogP) is 3.86. The first-order valence-corrected chi connectivity index (χ1v) is 6.27. The van der Waals surface area contributed by atoms with Crippen LogP contribution in [-0.4, -0.2) is 0 Å². The summed E-state index contributed by atoms with van der Waals surface area (Å²) in [5.74, 6) is 0.894. The van der Waals surface area contributed by atoms with Crippen molar-refractivity contribution in [1.29, 1.82) is 0 Å². The van der Waals surface area contributed by atoms with E-state index < -0.39 is 0 Å². The van der Waals surface area contributed by atoms with Crippen molar-refractivity contribution in [2.75, 3.05) is 0 Å². The van der Waals surface area contributed by atoms with E-state index in [1.54, 1.807) is 16.7 Å². The SMILES string of the molecule is CC12CC3CC1=CC=Cc1cccc(c12)C3. The van der Waals surface area contributed by atoms with Crippen molar-refractivity contribution in [1.82, 2.24) is 0 Å². The van der Waals surface area contributed by atoms with Gasteiger partial charge in [-0.05, 0) is 41.9 Å². The Kier molecular flexibility index (Phi) is 1.48. The third kappa shape index (κ3) is 0.910. The molecule has 3 aliphatic carbocycles. The van der Waals surface area contributed by atoms with Gasteiger partial charge in [-0.15, -0.1) is 0 Å². The molecule has 0 aromatic heterocycles. The first-order chi connectivity index (χ1) is 7.77. The Hall–Kier alpha value is -1.30. The van der Waals surface area contributed by atoms with Crippen molar-refractivity contribution >= 4 is 6.08 Å². The molecule has 3 aliphatic rings. The number of benzene rings is 1. The highest BCUT2D eigenvalue weighted by atomic mass is 14.5. The normalized spacial score (nSPS) is 33.6. The maximum absolute atomic E-state index is 2.45. The van der Waals surface area contributed by atoms with Crippen LogP contribution >= 0.6 is 0 Å². The molecule has 0 nitrogen and oxygen atoms in total. The highest BCUT2D eigenvalue weighted by Crippen LogP contribution is 2.55. The van der Waals surface area contributed by atoms with Gasteiger partial charge in [0.05, 0.1) is 0 Å². The lowest BCUT2D eigenvalue weighted by Gasteiger charge is -2.34. The summed E-state index contributed by atoms with van der Waals surface area (Å²) in [5.41, 5.74) is 6.69. The molecule has 1 aromatic rings. The summed E-state index contributed by atoms with van der Waals surface area (Å²) in [4.78, 5) is 0. The van der Waals surface area contributed by atoms with Crippen LogP contribution in [-0.2, 0) is 11.8 Å². The fraction of sp³-hybridized carbons (Fsp3) is 0.375. The zero-order valence-corrected chi connectivity index (χ0v) is 9.66. The molecule has 0 saturated heterocycles. The molecule has 2 bridgehead atoms. The Labute approximate surface area is 96.7 Å². The van der Waals surface area contributed by atoms with Gasteiger partial charge in [0.2, 0.25) is 0 Å². The van der Waals surface area contributed by atoms with Crippen molar-refractivity contribution in [3.8, 4) is 0 Å². The van der Waals surface area contributed by atoms with Crippen molar-refractivity contribution in [3.63, 3.8) is 0 Å². The molecule has 1 saturated carbocycles. The minimum absolute atomic E-state index is 0.346. The lowest BCUT2D eigenvalue weighted by Crippen LogP contribution is -2.26. The molecule has 0 amide bonds. The second-order valence-electron chi connectivity index (χ2n) is 5.74. The molecule has 0 radical (unpaired) electrons. The Morgan fingerprint density at radius 2 is 2.19 bits per heavy atom. The van der Waals surface area contributed by atoms with Crippen LogP contribution in [0.4, 0.5) is 0 Å². The molecule has 0 heterocycles. The lowest BCUT2D eigenvalue weighted by molar-refractivity contribution is 0.435. The zero-order valence-electron chi connectivity index (χ0n) is 9.66. The summed E-state index contributed by atoms with van der Waals surface area (Å²) < 4.78 is 0. The minimum Gasteiger partial charge on any atom is -0.0621 e. The van der Waals surface area contributed by atoms with Crippen molar-refractivity contribution in [3.05, 3.63) is 52.6 Å². The number of hydrogen-bond donors (Lipinski definition) is 0. The van der Waals surface area contributed by atoms with Crippen molar-refractivity contribution < 1.29 is 0 Å². The second kappa shape index (κ2) is 2.68. The molecule has 0 N–H and O–H groups in total. The lowest BCUT2D eigenvalue weighted by atomic mass is 9.70.